The van der Waals surface area contributed by atoms with E-state index in [1.807, 2.05) is 13.8 Å². The van der Waals surface area contributed by atoms with Gasteiger partial charge in [0.25, 0.3) is 0 Å². The number of halogens is 1. The van der Waals surface area contributed by atoms with Crippen LogP contribution in [0.4, 0.5) is 4.39 Å². The quantitative estimate of drug-likeness (QED) is 0.546. The van der Waals surface area contributed by atoms with Gasteiger partial charge in [-0.15, -0.1) is 0 Å². The summed E-state index contributed by atoms with van der Waals surface area (Å²) in [6, 6.07) is 6.30. The fraction of sp³-hybridized carbons (Fsp3) is 0.440. The summed E-state index contributed by atoms with van der Waals surface area (Å²) in [5.41, 5.74) is 4.85. The first-order valence-corrected chi connectivity index (χ1v) is 10.6. The smallest absolute Gasteiger partial charge is 0.306 e. The van der Waals surface area contributed by atoms with Crippen molar-refractivity contribution in [1.29, 1.82) is 0 Å². The highest BCUT2D eigenvalue weighted by atomic mass is 19.1. The lowest BCUT2D eigenvalue weighted by Crippen LogP contribution is -2.11. The SMILES string of the molecule is Cc1c(C)c2c(c(C(CCCCC(C)C(=O)O)c3ccc(F)cc3)c1O)CCC2=O. The van der Waals surface area contributed by atoms with Gasteiger partial charge in [-0.1, -0.05) is 31.9 Å². The van der Waals surface area contributed by atoms with E-state index in [1.165, 1.54) is 12.1 Å². The number of aliphatic carboxylic acids is 1. The van der Waals surface area contributed by atoms with E-state index in [-0.39, 0.29) is 23.3 Å². The van der Waals surface area contributed by atoms with Gasteiger partial charge in [0.2, 0.25) is 0 Å². The molecule has 0 bridgehead atoms. The Morgan fingerprint density at radius 1 is 1.07 bits per heavy atom. The summed E-state index contributed by atoms with van der Waals surface area (Å²) in [6.45, 7) is 5.41. The topological polar surface area (TPSA) is 74.6 Å². The van der Waals surface area contributed by atoms with Crippen molar-refractivity contribution < 1.29 is 24.2 Å². The molecule has 2 N–H and O–H groups in total. The third kappa shape index (κ3) is 4.25. The van der Waals surface area contributed by atoms with Crippen LogP contribution in [0.15, 0.2) is 24.3 Å². The highest BCUT2D eigenvalue weighted by Crippen LogP contribution is 2.45. The van der Waals surface area contributed by atoms with Crippen LogP contribution in [-0.2, 0) is 11.2 Å². The van der Waals surface area contributed by atoms with Gasteiger partial charge in [0.05, 0.1) is 5.92 Å². The van der Waals surface area contributed by atoms with Gasteiger partial charge in [-0.25, -0.2) is 4.39 Å². The van der Waals surface area contributed by atoms with Crippen LogP contribution in [0, 0.1) is 25.6 Å². The van der Waals surface area contributed by atoms with Crippen LogP contribution in [0.2, 0.25) is 0 Å². The van der Waals surface area contributed by atoms with Gasteiger partial charge in [-0.2, -0.15) is 0 Å². The van der Waals surface area contributed by atoms with Crippen LogP contribution in [0.1, 0.15) is 83.1 Å². The lowest BCUT2D eigenvalue weighted by molar-refractivity contribution is -0.141. The lowest BCUT2D eigenvalue weighted by atomic mass is 9.80. The summed E-state index contributed by atoms with van der Waals surface area (Å²) in [4.78, 5) is 23.6. The number of ketones is 1. The molecule has 2 atom stereocenters. The van der Waals surface area contributed by atoms with Crippen LogP contribution in [-0.4, -0.2) is 22.0 Å². The van der Waals surface area contributed by atoms with Gasteiger partial charge < -0.3 is 10.2 Å². The van der Waals surface area contributed by atoms with Crippen LogP contribution in [0.25, 0.3) is 0 Å². The zero-order valence-electron chi connectivity index (χ0n) is 17.8. The number of carboxylic acids is 1. The zero-order valence-corrected chi connectivity index (χ0v) is 17.8. The van der Waals surface area contributed by atoms with Crippen LogP contribution >= 0.6 is 0 Å². The Hall–Kier alpha value is -2.69. The van der Waals surface area contributed by atoms with E-state index in [9.17, 15) is 19.1 Å². The minimum Gasteiger partial charge on any atom is -0.507 e. The molecular weight excluding hydrogens is 383 g/mol. The molecule has 0 saturated heterocycles. The van der Waals surface area contributed by atoms with E-state index in [1.54, 1.807) is 19.1 Å². The van der Waals surface area contributed by atoms with Gasteiger partial charge in [-0.3, -0.25) is 9.59 Å². The number of hydrogen-bond donors (Lipinski definition) is 2. The molecule has 0 fully saturated rings. The Morgan fingerprint density at radius 3 is 2.33 bits per heavy atom. The fourth-order valence-corrected chi connectivity index (χ4v) is 4.54. The molecular formula is C25H29FO4. The number of hydrogen-bond acceptors (Lipinski definition) is 3. The van der Waals surface area contributed by atoms with E-state index >= 15 is 0 Å². The molecule has 0 spiro atoms. The minimum absolute atomic E-state index is 0.111. The molecule has 0 aromatic heterocycles. The molecule has 2 aromatic carbocycles. The van der Waals surface area contributed by atoms with Crippen molar-refractivity contribution in [3.8, 4) is 5.75 Å². The van der Waals surface area contributed by atoms with Crippen LogP contribution < -0.4 is 0 Å². The number of aromatic hydroxyl groups is 1. The van der Waals surface area contributed by atoms with Gasteiger partial charge in [-0.05, 0) is 67.5 Å². The Morgan fingerprint density at radius 2 is 1.70 bits per heavy atom. The second kappa shape index (κ2) is 8.99. The molecule has 3 rings (SSSR count). The highest BCUT2D eigenvalue weighted by Gasteiger charge is 2.32. The van der Waals surface area contributed by atoms with Gasteiger partial charge >= 0.3 is 5.97 Å². The lowest BCUT2D eigenvalue weighted by Gasteiger charge is -2.25. The third-order valence-electron chi connectivity index (χ3n) is 6.48. The monoisotopic (exact) mass is 412 g/mol. The molecule has 0 amide bonds. The third-order valence-corrected chi connectivity index (χ3v) is 6.48. The maximum Gasteiger partial charge on any atom is 0.306 e. The van der Waals surface area contributed by atoms with E-state index in [2.05, 4.69) is 0 Å². The molecule has 160 valence electrons. The molecule has 0 heterocycles. The number of carboxylic acid groups (broad SMARTS) is 1. The van der Waals surface area contributed by atoms with Crippen molar-refractivity contribution in [2.75, 3.05) is 0 Å². The van der Waals surface area contributed by atoms with Crippen molar-refractivity contribution in [2.24, 2.45) is 5.92 Å². The molecule has 5 heteroatoms. The number of unbranched alkanes of at least 4 members (excludes halogenated alkanes) is 1. The van der Waals surface area contributed by atoms with Gasteiger partial charge in [0.15, 0.2) is 5.78 Å². The summed E-state index contributed by atoms with van der Waals surface area (Å²) < 4.78 is 13.5. The highest BCUT2D eigenvalue weighted by molar-refractivity contribution is 6.03. The standard InChI is InChI=1S/C25H29FO4/c1-14(25(29)30)6-4-5-7-19(17-8-10-18(26)11-9-17)23-20-12-13-21(27)22(20)15(2)16(3)24(23)28/h8-11,14,19,28H,4-7,12-13H2,1-3H3,(H,29,30). The molecule has 0 aliphatic heterocycles. The van der Waals surface area contributed by atoms with Crippen LogP contribution in [0.5, 0.6) is 5.75 Å². The number of benzene rings is 2. The molecule has 4 nitrogen and oxygen atoms in total. The molecule has 0 radical (unpaired) electrons. The average molecular weight is 413 g/mol. The zero-order chi connectivity index (χ0) is 22.0. The number of Topliss-reactive ketones (excluding diaryl/α,β-unsaturated/α-hetero) is 1. The fourth-order valence-electron chi connectivity index (χ4n) is 4.54. The molecule has 0 saturated carbocycles. The first-order valence-electron chi connectivity index (χ1n) is 10.6. The van der Waals surface area contributed by atoms with Crippen LogP contribution in [0.3, 0.4) is 0 Å². The number of carbonyl (C=O) groups is 2. The summed E-state index contributed by atoms with van der Waals surface area (Å²) in [5, 5.41) is 20.2. The Bertz CT molecular complexity index is 962. The molecule has 1 aliphatic carbocycles. The number of rotatable bonds is 8. The van der Waals surface area contributed by atoms with Crippen molar-refractivity contribution in [1.82, 2.24) is 0 Å². The number of phenolic OH excluding ortho intramolecular Hbond substituents is 1. The minimum atomic E-state index is -0.798. The van der Waals surface area contributed by atoms with Crippen molar-refractivity contribution >= 4 is 11.8 Å². The predicted molar refractivity (Wildman–Crippen MR) is 114 cm³/mol. The second-order valence-electron chi connectivity index (χ2n) is 8.42. The van der Waals surface area contributed by atoms with E-state index in [4.69, 9.17) is 5.11 Å². The van der Waals surface area contributed by atoms with E-state index < -0.39 is 11.9 Å². The number of carbonyl (C=O) groups excluding carboxylic acids is 1. The molecule has 1 aliphatic rings. The van der Waals surface area contributed by atoms with E-state index in [0.717, 1.165) is 40.7 Å². The molecule has 2 unspecified atom stereocenters. The van der Waals surface area contributed by atoms with Gasteiger partial charge in [0, 0.05) is 23.5 Å². The van der Waals surface area contributed by atoms with Crippen molar-refractivity contribution in [3.05, 3.63) is 63.5 Å². The Balaban J connectivity index is 1.99. The average Bonchev–Trinajstić information content (AvgIpc) is 3.09. The number of phenols is 1. The maximum absolute atomic E-state index is 13.5. The van der Waals surface area contributed by atoms with Gasteiger partial charge in [0.1, 0.15) is 11.6 Å². The molecule has 30 heavy (non-hydrogen) atoms. The summed E-state index contributed by atoms with van der Waals surface area (Å²) in [5.74, 6) is -1.37. The van der Waals surface area contributed by atoms with E-state index in [0.29, 0.717) is 31.2 Å². The summed E-state index contributed by atoms with van der Waals surface area (Å²) in [7, 11) is 0. The van der Waals surface area contributed by atoms with Crippen molar-refractivity contribution in [2.45, 2.75) is 65.2 Å². The maximum atomic E-state index is 13.5. The summed E-state index contributed by atoms with van der Waals surface area (Å²) in [6.07, 6.45) is 3.84. The van der Waals surface area contributed by atoms with Crippen molar-refractivity contribution in [3.63, 3.8) is 0 Å². The largest absolute Gasteiger partial charge is 0.507 e. The predicted octanol–water partition coefficient (Wildman–Crippen LogP) is 5.69. The molecule has 2 aromatic rings. The first kappa shape index (κ1) is 22.0. The summed E-state index contributed by atoms with van der Waals surface area (Å²) >= 11 is 0. The number of fused-ring (bicyclic) bond motifs is 1. The Kier molecular flexibility index (Phi) is 6.59. The normalized spacial score (nSPS) is 15.1. The Labute approximate surface area is 176 Å². The second-order valence-corrected chi connectivity index (χ2v) is 8.42. The first-order chi connectivity index (χ1) is 14.2.